The molecule has 4 rings (SSSR count). The van der Waals surface area contributed by atoms with Gasteiger partial charge in [0.1, 0.15) is 46.0 Å². The van der Waals surface area contributed by atoms with E-state index in [9.17, 15) is 20.4 Å². The van der Waals surface area contributed by atoms with E-state index in [1.807, 2.05) is 36.4 Å². The zero-order valence-electron chi connectivity index (χ0n) is 28.0. The van der Waals surface area contributed by atoms with Gasteiger partial charge in [0.25, 0.3) is 0 Å². The molecule has 0 aromatic heterocycles. The molecule has 0 aliphatic carbocycles. The molecule has 10 nitrogen and oxygen atoms in total. The summed E-state index contributed by atoms with van der Waals surface area (Å²) in [6, 6.07) is 20.6. The number of methoxy groups -OCH3 is 4. The number of benzene rings is 4. The number of phenols is 4. The Morgan fingerprint density at radius 2 is 0.854 bits per heavy atom. The van der Waals surface area contributed by atoms with E-state index in [4.69, 9.17) is 28.4 Å². The van der Waals surface area contributed by atoms with E-state index in [-0.39, 0.29) is 48.0 Å². The Labute approximate surface area is 282 Å². The summed E-state index contributed by atoms with van der Waals surface area (Å²) in [7, 11) is 6.51. The summed E-state index contributed by atoms with van der Waals surface area (Å²) < 4.78 is 34.5. The summed E-state index contributed by atoms with van der Waals surface area (Å²) in [5.41, 5.74) is 3.43. The molecule has 0 unspecified atom stereocenters. The summed E-state index contributed by atoms with van der Waals surface area (Å²) in [5, 5.41) is 39.6. The third kappa shape index (κ3) is 11.2. The van der Waals surface area contributed by atoms with Crippen LogP contribution in [-0.4, -0.2) is 62.1 Å². The fourth-order valence-electron chi connectivity index (χ4n) is 5.89. The van der Waals surface area contributed by atoms with Crippen LogP contribution in [0.2, 0.25) is 0 Å². The first-order chi connectivity index (χ1) is 23.2. The molecule has 0 spiro atoms. The lowest BCUT2D eigenvalue weighted by atomic mass is 9.80. The highest BCUT2D eigenvalue weighted by Gasteiger charge is 2.24. The summed E-state index contributed by atoms with van der Waals surface area (Å²) in [4.78, 5) is 0. The molecular weight excluding hydrogens is 616 g/mol. The van der Waals surface area contributed by atoms with Gasteiger partial charge < -0.3 is 48.8 Å². The lowest BCUT2D eigenvalue weighted by molar-refractivity contribution is 0.0578. The second-order valence-corrected chi connectivity index (χ2v) is 11.8. The van der Waals surface area contributed by atoms with Crippen LogP contribution in [0.15, 0.2) is 72.8 Å². The Morgan fingerprint density at radius 1 is 0.458 bits per heavy atom. The van der Waals surface area contributed by atoms with Crippen molar-refractivity contribution in [3.63, 3.8) is 0 Å². The topological polar surface area (TPSA) is 136 Å². The first kappa shape index (κ1) is 36.0. The summed E-state index contributed by atoms with van der Waals surface area (Å²) in [5.74, 6) is 2.85. The molecule has 0 radical (unpaired) electrons. The quantitative estimate of drug-likeness (QED) is 0.0796. The fraction of sp³-hybridized carbons (Fsp3) is 0.368. The highest BCUT2D eigenvalue weighted by Crippen LogP contribution is 2.33. The molecule has 4 aromatic rings. The molecule has 0 amide bonds. The standard InChI is InChI=1S/C38H46O10/c1-43-35-14-25(15-36(20-35)44-2)8-29(6-5-7-47-22-27-10-31(39)18-32(40)11-27)30(9-26-16-37(45-3)21-38(17-26)46-4)24-48-23-28-12-33(41)19-34(42)13-28/h10-21,29-30,39-42H,5-9,22-24H2,1-4H3/t29-,30+/m1/s1. The van der Waals surface area contributed by atoms with Gasteiger partial charge in [-0.3, -0.25) is 0 Å². The Kier molecular flexibility index (Phi) is 13.5. The monoisotopic (exact) mass is 662 g/mol. The van der Waals surface area contributed by atoms with E-state index in [1.165, 1.54) is 12.1 Å². The van der Waals surface area contributed by atoms with Crippen molar-refractivity contribution < 1.29 is 48.8 Å². The zero-order chi connectivity index (χ0) is 34.5. The fourth-order valence-corrected chi connectivity index (χ4v) is 5.89. The molecule has 258 valence electrons. The SMILES string of the molecule is COc1cc(C[C@@H](CCCOCc2cc(O)cc(O)c2)[C@H](COCc2cc(O)cc(O)c2)Cc2cc(OC)cc(OC)c2)cc(OC)c1. The van der Waals surface area contributed by atoms with Gasteiger partial charge in [0.05, 0.1) is 48.3 Å². The van der Waals surface area contributed by atoms with Crippen LogP contribution in [0.4, 0.5) is 0 Å². The second kappa shape index (κ2) is 17.9. The van der Waals surface area contributed by atoms with E-state index >= 15 is 0 Å². The van der Waals surface area contributed by atoms with E-state index < -0.39 is 0 Å². The lowest BCUT2D eigenvalue weighted by Crippen LogP contribution is -2.25. The van der Waals surface area contributed by atoms with Crippen LogP contribution in [0.25, 0.3) is 0 Å². The molecule has 10 heteroatoms. The predicted molar refractivity (Wildman–Crippen MR) is 182 cm³/mol. The molecule has 2 atom stereocenters. The number of hydrogen-bond acceptors (Lipinski definition) is 10. The van der Waals surface area contributed by atoms with Gasteiger partial charge in [0.2, 0.25) is 0 Å². The van der Waals surface area contributed by atoms with Crippen LogP contribution in [-0.2, 0) is 35.5 Å². The van der Waals surface area contributed by atoms with Gasteiger partial charge >= 0.3 is 0 Å². The molecule has 0 heterocycles. The molecule has 0 saturated heterocycles. The molecule has 0 aliphatic heterocycles. The van der Waals surface area contributed by atoms with Crippen LogP contribution >= 0.6 is 0 Å². The van der Waals surface area contributed by atoms with Crippen molar-refractivity contribution >= 4 is 0 Å². The second-order valence-electron chi connectivity index (χ2n) is 11.8. The van der Waals surface area contributed by atoms with E-state index in [0.717, 1.165) is 24.0 Å². The highest BCUT2D eigenvalue weighted by atomic mass is 16.5. The normalized spacial score (nSPS) is 12.3. The van der Waals surface area contributed by atoms with Gasteiger partial charge in [-0.15, -0.1) is 0 Å². The lowest BCUT2D eigenvalue weighted by Gasteiger charge is -2.28. The Morgan fingerprint density at radius 3 is 1.27 bits per heavy atom. The highest BCUT2D eigenvalue weighted by molar-refractivity contribution is 5.40. The van der Waals surface area contributed by atoms with Crippen molar-refractivity contribution in [1.29, 1.82) is 0 Å². The molecule has 0 aliphatic rings. The van der Waals surface area contributed by atoms with Gasteiger partial charge in [-0.2, -0.15) is 0 Å². The van der Waals surface area contributed by atoms with Gasteiger partial charge in [-0.25, -0.2) is 0 Å². The van der Waals surface area contributed by atoms with Crippen LogP contribution < -0.4 is 18.9 Å². The first-order valence-electron chi connectivity index (χ1n) is 15.8. The third-order valence-electron chi connectivity index (χ3n) is 8.14. The van der Waals surface area contributed by atoms with Crippen molar-refractivity contribution in [2.75, 3.05) is 41.7 Å². The minimum atomic E-state index is -0.0283. The molecule has 4 N–H and O–H groups in total. The first-order valence-corrected chi connectivity index (χ1v) is 15.8. The van der Waals surface area contributed by atoms with Crippen molar-refractivity contribution in [3.8, 4) is 46.0 Å². The average molecular weight is 663 g/mol. The maximum Gasteiger partial charge on any atom is 0.122 e. The number of hydrogen-bond donors (Lipinski definition) is 4. The number of aromatic hydroxyl groups is 4. The summed E-state index contributed by atoms with van der Waals surface area (Å²) >= 11 is 0. The van der Waals surface area contributed by atoms with Crippen molar-refractivity contribution in [1.82, 2.24) is 0 Å². The van der Waals surface area contributed by atoms with Crippen LogP contribution in [0.5, 0.6) is 46.0 Å². The molecule has 0 bridgehead atoms. The third-order valence-corrected chi connectivity index (χ3v) is 8.14. The summed E-state index contributed by atoms with van der Waals surface area (Å²) in [6.07, 6.45) is 2.91. The maximum atomic E-state index is 9.98. The van der Waals surface area contributed by atoms with E-state index in [2.05, 4.69) is 0 Å². The maximum absolute atomic E-state index is 9.98. The number of phenolic OH excluding ortho intramolecular Hbond substituents is 4. The molecule has 0 fully saturated rings. The number of rotatable bonds is 19. The Bertz CT molecular complexity index is 1520. The zero-order valence-corrected chi connectivity index (χ0v) is 28.0. The Hall–Kier alpha value is -4.80. The van der Waals surface area contributed by atoms with Gasteiger partial charge in [-0.1, -0.05) is 0 Å². The average Bonchev–Trinajstić information content (AvgIpc) is 3.05. The van der Waals surface area contributed by atoms with Gasteiger partial charge in [-0.05, 0) is 108 Å². The van der Waals surface area contributed by atoms with Crippen LogP contribution in [0, 0.1) is 11.8 Å². The van der Waals surface area contributed by atoms with Crippen molar-refractivity contribution in [2.45, 2.75) is 38.9 Å². The van der Waals surface area contributed by atoms with Crippen molar-refractivity contribution in [2.24, 2.45) is 11.8 Å². The molecule has 48 heavy (non-hydrogen) atoms. The van der Waals surface area contributed by atoms with E-state index in [1.54, 1.807) is 52.7 Å². The summed E-state index contributed by atoms with van der Waals surface area (Å²) in [6.45, 7) is 1.33. The van der Waals surface area contributed by atoms with Crippen LogP contribution in [0.1, 0.15) is 35.1 Å². The van der Waals surface area contributed by atoms with Crippen LogP contribution in [0.3, 0.4) is 0 Å². The van der Waals surface area contributed by atoms with E-state index in [0.29, 0.717) is 60.2 Å². The molecule has 4 aromatic carbocycles. The van der Waals surface area contributed by atoms with Crippen molar-refractivity contribution in [3.05, 3.63) is 95.1 Å². The van der Waals surface area contributed by atoms with Gasteiger partial charge in [0.15, 0.2) is 0 Å². The Balaban J connectivity index is 1.58. The minimum Gasteiger partial charge on any atom is -0.508 e. The van der Waals surface area contributed by atoms with Gasteiger partial charge in [0, 0.05) is 30.9 Å². The predicted octanol–water partition coefficient (Wildman–Crippen LogP) is 6.77. The minimum absolute atomic E-state index is 0.0136. The molecular formula is C38H46O10. The largest absolute Gasteiger partial charge is 0.508 e. The number of ether oxygens (including phenoxy) is 6. The smallest absolute Gasteiger partial charge is 0.122 e. The molecule has 0 saturated carbocycles.